The maximum Gasteiger partial charge on any atom is 0.166 e. The van der Waals surface area contributed by atoms with E-state index >= 15 is 0 Å². The molecule has 1 aromatic heterocycles. The van der Waals surface area contributed by atoms with Crippen molar-refractivity contribution < 1.29 is 4.74 Å². The van der Waals surface area contributed by atoms with Gasteiger partial charge in [-0.3, -0.25) is 4.68 Å². The first kappa shape index (κ1) is 15.2. The van der Waals surface area contributed by atoms with Crippen molar-refractivity contribution in [3.8, 4) is 0 Å². The molecule has 0 amide bonds. The molecule has 0 saturated heterocycles. The average Bonchev–Trinajstić information content (AvgIpc) is 2.75. The van der Waals surface area contributed by atoms with Crippen LogP contribution in [0.5, 0.6) is 0 Å². The highest BCUT2D eigenvalue weighted by molar-refractivity contribution is 7.80. The molecule has 0 spiro atoms. The van der Waals surface area contributed by atoms with E-state index in [9.17, 15) is 0 Å². The Labute approximate surface area is 118 Å². The number of rotatable bonds is 8. The van der Waals surface area contributed by atoms with Crippen LogP contribution in [0.4, 0.5) is 0 Å². The first-order valence-electron chi connectivity index (χ1n) is 5.99. The normalized spacial score (nSPS) is 10.3. The minimum absolute atomic E-state index is 0.645. The molecule has 18 heavy (non-hydrogen) atoms. The third-order valence-electron chi connectivity index (χ3n) is 2.18. The molecule has 0 atom stereocenters. The zero-order chi connectivity index (χ0) is 13.2. The molecule has 0 fully saturated rings. The Balaban J connectivity index is 2.00. The van der Waals surface area contributed by atoms with Crippen LogP contribution >= 0.6 is 23.8 Å². The largest absolute Gasteiger partial charge is 0.382 e. The number of nitrogens with one attached hydrogen (secondary N) is 2. The van der Waals surface area contributed by atoms with Crippen LogP contribution in [0, 0.1) is 0 Å². The lowest BCUT2D eigenvalue weighted by atomic mass is 10.4. The van der Waals surface area contributed by atoms with Crippen molar-refractivity contribution in [3.63, 3.8) is 0 Å². The lowest BCUT2D eigenvalue weighted by Gasteiger charge is -2.10. The van der Waals surface area contributed by atoms with Crippen LogP contribution in [-0.4, -0.2) is 41.2 Å². The van der Waals surface area contributed by atoms with Crippen LogP contribution in [0.2, 0.25) is 5.02 Å². The maximum absolute atomic E-state index is 5.76. The van der Waals surface area contributed by atoms with Gasteiger partial charge in [-0.1, -0.05) is 11.6 Å². The number of halogens is 1. The van der Waals surface area contributed by atoms with Crippen molar-refractivity contribution in [1.29, 1.82) is 0 Å². The second kappa shape index (κ2) is 9.13. The molecule has 5 nitrogen and oxygen atoms in total. The monoisotopic (exact) mass is 290 g/mol. The second-order valence-corrected chi connectivity index (χ2v) is 4.50. The van der Waals surface area contributed by atoms with Gasteiger partial charge in [-0.2, -0.15) is 5.10 Å². The quantitative estimate of drug-likeness (QED) is 0.560. The Hall–Kier alpha value is -0.850. The molecule has 0 aliphatic carbocycles. The molecule has 0 saturated carbocycles. The standard InChI is InChI=1S/C11H19ClN4OS/c1-2-17-7-3-4-13-11(18)14-5-6-16-9-10(12)8-15-16/h8-9H,2-7H2,1H3,(H2,13,14,18). The zero-order valence-corrected chi connectivity index (χ0v) is 12.1. The van der Waals surface area contributed by atoms with Gasteiger partial charge in [-0.25, -0.2) is 0 Å². The van der Waals surface area contributed by atoms with Crippen LogP contribution in [0.15, 0.2) is 12.4 Å². The Morgan fingerprint density at radius 3 is 2.94 bits per heavy atom. The van der Waals surface area contributed by atoms with E-state index in [0.717, 1.165) is 39.3 Å². The summed E-state index contributed by atoms with van der Waals surface area (Å²) >= 11 is 10.9. The van der Waals surface area contributed by atoms with E-state index in [1.165, 1.54) is 0 Å². The number of nitrogens with zero attached hydrogens (tertiary/aromatic N) is 2. The zero-order valence-electron chi connectivity index (χ0n) is 10.5. The fourth-order valence-electron chi connectivity index (χ4n) is 1.33. The van der Waals surface area contributed by atoms with E-state index in [0.29, 0.717) is 10.1 Å². The van der Waals surface area contributed by atoms with Crippen molar-refractivity contribution in [2.75, 3.05) is 26.3 Å². The fraction of sp³-hybridized carbons (Fsp3) is 0.636. The highest BCUT2D eigenvalue weighted by Gasteiger charge is 1.97. The Kier molecular flexibility index (Phi) is 7.71. The predicted octanol–water partition coefficient (Wildman–Crippen LogP) is 1.43. The molecule has 102 valence electrons. The molecule has 7 heteroatoms. The van der Waals surface area contributed by atoms with Crippen molar-refractivity contribution in [2.24, 2.45) is 0 Å². The summed E-state index contributed by atoms with van der Waals surface area (Å²) in [6, 6.07) is 0. The van der Waals surface area contributed by atoms with Crippen molar-refractivity contribution >= 4 is 28.9 Å². The van der Waals surface area contributed by atoms with Crippen LogP contribution in [0.25, 0.3) is 0 Å². The van der Waals surface area contributed by atoms with Crippen LogP contribution in [0.3, 0.4) is 0 Å². The topological polar surface area (TPSA) is 51.1 Å². The summed E-state index contributed by atoms with van der Waals surface area (Å²) in [5.74, 6) is 0. The summed E-state index contributed by atoms with van der Waals surface area (Å²) in [7, 11) is 0. The van der Waals surface area contributed by atoms with Gasteiger partial charge in [0.05, 0.1) is 17.8 Å². The number of thiocarbonyl (C=S) groups is 1. The van der Waals surface area contributed by atoms with E-state index in [4.69, 9.17) is 28.6 Å². The molecule has 0 aliphatic heterocycles. The Bertz CT molecular complexity index is 359. The van der Waals surface area contributed by atoms with Crippen molar-refractivity contribution in [3.05, 3.63) is 17.4 Å². The third kappa shape index (κ3) is 6.78. The number of ether oxygens (including phenoxy) is 1. The molecule has 1 rings (SSSR count). The van der Waals surface area contributed by atoms with Gasteiger partial charge in [0, 0.05) is 32.5 Å². The fourth-order valence-corrected chi connectivity index (χ4v) is 1.69. The number of hydrogen-bond acceptors (Lipinski definition) is 3. The summed E-state index contributed by atoms with van der Waals surface area (Å²) in [5, 5.41) is 11.6. The highest BCUT2D eigenvalue weighted by atomic mass is 35.5. The van der Waals surface area contributed by atoms with E-state index in [-0.39, 0.29) is 0 Å². The van der Waals surface area contributed by atoms with Crippen molar-refractivity contribution in [2.45, 2.75) is 19.9 Å². The highest BCUT2D eigenvalue weighted by Crippen LogP contribution is 2.03. The molecule has 2 N–H and O–H groups in total. The first-order chi connectivity index (χ1) is 8.72. The summed E-state index contributed by atoms with van der Waals surface area (Å²) in [5.41, 5.74) is 0. The van der Waals surface area contributed by atoms with Gasteiger partial charge in [-0.15, -0.1) is 0 Å². The molecule has 0 radical (unpaired) electrons. The second-order valence-electron chi connectivity index (χ2n) is 3.65. The SMILES string of the molecule is CCOCCCNC(=S)NCCn1cc(Cl)cn1. The van der Waals surface area contributed by atoms with E-state index < -0.39 is 0 Å². The summed E-state index contributed by atoms with van der Waals surface area (Å²) in [4.78, 5) is 0. The van der Waals surface area contributed by atoms with E-state index in [1.54, 1.807) is 17.1 Å². The summed E-state index contributed by atoms with van der Waals surface area (Å²) < 4.78 is 7.00. The molecule has 0 bridgehead atoms. The average molecular weight is 291 g/mol. The Morgan fingerprint density at radius 1 is 1.50 bits per heavy atom. The smallest absolute Gasteiger partial charge is 0.166 e. The van der Waals surface area contributed by atoms with Crippen LogP contribution in [-0.2, 0) is 11.3 Å². The van der Waals surface area contributed by atoms with Gasteiger partial charge in [0.2, 0.25) is 0 Å². The minimum Gasteiger partial charge on any atom is -0.382 e. The predicted molar refractivity (Wildman–Crippen MR) is 77.0 cm³/mol. The molecule has 0 unspecified atom stereocenters. The lowest BCUT2D eigenvalue weighted by molar-refractivity contribution is 0.145. The summed E-state index contributed by atoms with van der Waals surface area (Å²) in [6.45, 7) is 5.77. The molecule has 0 aromatic carbocycles. The first-order valence-corrected chi connectivity index (χ1v) is 6.78. The summed E-state index contributed by atoms with van der Waals surface area (Å²) in [6.07, 6.45) is 4.35. The maximum atomic E-state index is 5.76. The molecule has 1 aromatic rings. The van der Waals surface area contributed by atoms with Crippen LogP contribution in [0.1, 0.15) is 13.3 Å². The van der Waals surface area contributed by atoms with Gasteiger partial charge in [-0.05, 0) is 25.6 Å². The minimum atomic E-state index is 0.645. The third-order valence-corrected chi connectivity index (χ3v) is 2.67. The lowest BCUT2D eigenvalue weighted by Crippen LogP contribution is -2.37. The van der Waals surface area contributed by atoms with Crippen LogP contribution < -0.4 is 10.6 Å². The van der Waals surface area contributed by atoms with Crippen molar-refractivity contribution in [1.82, 2.24) is 20.4 Å². The Morgan fingerprint density at radius 2 is 2.28 bits per heavy atom. The molecular formula is C11H19ClN4OS. The molecule has 1 heterocycles. The van der Waals surface area contributed by atoms with Gasteiger partial charge in [0.25, 0.3) is 0 Å². The van der Waals surface area contributed by atoms with Gasteiger partial charge >= 0.3 is 0 Å². The molecular weight excluding hydrogens is 272 g/mol. The number of aromatic nitrogens is 2. The number of hydrogen-bond donors (Lipinski definition) is 2. The van der Waals surface area contributed by atoms with Gasteiger partial charge in [0.1, 0.15) is 0 Å². The van der Waals surface area contributed by atoms with E-state index in [1.807, 2.05) is 6.92 Å². The van der Waals surface area contributed by atoms with Gasteiger partial charge < -0.3 is 15.4 Å². The van der Waals surface area contributed by atoms with E-state index in [2.05, 4.69) is 15.7 Å². The molecule has 0 aliphatic rings. The van der Waals surface area contributed by atoms with Gasteiger partial charge in [0.15, 0.2) is 5.11 Å².